The molecule has 0 spiro atoms. The van der Waals surface area contributed by atoms with Crippen molar-refractivity contribution in [2.24, 2.45) is 0 Å². The van der Waals surface area contributed by atoms with Gasteiger partial charge in [0.15, 0.2) is 0 Å². The smallest absolute Gasteiger partial charge is 0.397 e. The number of rotatable bonds is 2. The van der Waals surface area contributed by atoms with Gasteiger partial charge in [0.2, 0.25) is 0 Å². The van der Waals surface area contributed by atoms with Crippen LogP contribution in [0.1, 0.15) is 5.56 Å². The summed E-state index contributed by atoms with van der Waals surface area (Å²) in [5, 5.41) is 0.170. The molecule has 0 aliphatic heterocycles. The topological polar surface area (TPSA) is 89.6 Å². The van der Waals surface area contributed by atoms with Crippen LogP contribution in [0.15, 0.2) is 12.1 Å². The molecular weight excluding hydrogens is 230 g/mol. The van der Waals surface area contributed by atoms with E-state index in [1.807, 2.05) is 0 Å². The van der Waals surface area contributed by atoms with Crippen LogP contribution in [0.5, 0.6) is 5.75 Å². The van der Waals surface area contributed by atoms with Crippen molar-refractivity contribution in [1.29, 1.82) is 0 Å². The highest BCUT2D eigenvalue weighted by Gasteiger charge is 2.10. The molecule has 0 aliphatic carbocycles. The first-order valence-electron chi connectivity index (χ1n) is 3.52. The molecule has 0 saturated carbocycles. The van der Waals surface area contributed by atoms with E-state index >= 15 is 0 Å². The zero-order valence-corrected chi connectivity index (χ0v) is 8.76. The molecule has 0 saturated heterocycles. The van der Waals surface area contributed by atoms with E-state index in [1.54, 1.807) is 6.92 Å². The third kappa shape index (κ3) is 2.76. The Bertz CT molecular complexity index is 434. The first kappa shape index (κ1) is 11.1. The van der Waals surface area contributed by atoms with Gasteiger partial charge < -0.3 is 9.92 Å². The van der Waals surface area contributed by atoms with E-state index in [1.165, 1.54) is 12.1 Å². The van der Waals surface area contributed by atoms with Gasteiger partial charge in [0.1, 0.15) is 5.75 Å². The number of benzene rings is 1. The van der Waals surface area contributed by atoms with E-state index in [0.717, 1.165) is 0 Å². The summed E-state index contributed by atoms with van der Waals surface area (Å²) < 4.78 is 33.3. The number of hydrogen-bond acceptors (Lipinski definition) is 4. The lowest BCUT2D eigenvalue weighted by Crippen LogP contribution is -2.07. The minimum atomic E-state index is -4.52. The van der Waals surface area contributed by atoms with Gasteiger partial charge in [-0.15, -0.1) is 0 Å². The fourth-order valence-electron chi connectivity index (χ4n) is 0.894. The lowest BCUT2D eigenvalue weighted by Gasteiger charge is -2.06. The Morgan fingerprint density at radius 1 is 1.50 bits per heavy atom. The average molecular weight is 238 g/mol. The summed E-state index contributed by atoms with van der Waals surface area (Å²) in [6.07, 6.45) is 0. The Balaban J connectivity index is 3.14. The number of nitrogens with two attached hydrogens (primary N) is 1. The Morgan fingerprint density at radius 2 is 2.07 bits per heavy atom. The molecule has 3 N–H and O–H groups in total. The quantitative estimate of drug-likeness (QED) is 0.600. The van der Waals surface area contributed by atoms with Gasteiger partial charge in [0.25, 0.3) is 0 Å². The van der Waals surface area contributed by atoms with E-state index < -0.39 is 10.4 Å². The molecule has 7 heteroatoms. The molecule has 0 aliphatic rings. The van der Waals surface area contributed by atoms with Crippen LogP contribution in [0.3, 0.4) is 0 Å². The molecule has 0 amide bonds. The van der Waals surface area contributed by atoms with Gasteiger partial charge in [-0.3, -0.25) is 4.55 Å². The van der Waals surface area contributed by atoms with Crippen LogP contribution in [0.25, 0.3) is 0 Å². The van der Waals surface area contributed by atoms with Crippen LogP contribution in [0.4, 0.5) is 5.69 Å². The second-order valence-electron chi connectivity index (χ2n) is 2.65. The summed E-state index contributed by atoms with van der Waals surface area (Å²) in [4.78, 5) is 0. The number of aryl methyl sites for hydroxylation is 1. The lowest BCUT2D eigenvalue weighted by molar-refractivity contribution is 0.387. The van der Waals surface area contributed by atoms with Gasteiger partial charge in [0.05, 0.1) is 10.7 Å². The predicted octanol–water partition coefficient (Wildman–Crippen LogP) is 1.41. The van der Waals surface area contributed by atoms with Gasteiger partial charge in [0, 0.05) is 6.07 Å². The molecule has 1 aromatic carbocycles. The predicted molar refractivity (Wildman–Crippen MR) is 52.8 cm³/mol. The molecule has 0 atom stereocenters. The summed E-state index contributed by atoms with van der Waals surface area (Å²) in [5.74, 6) is -0.0794. The monoisotopic (exact) mass is 237 g/mol. The maximum atomic E-state index is 10.4. The second-order valence-corrected chi connectivity index (χ2v) is 4.08. The summed E-state index contributed by atoms with van der Waals surface area (Å²) in [7, 11) is -4.52. The van der Waals surface area contributed by atoms with Crippen LogP contribution in [-0.2, 0) is 10.4 Å². The van der Waals surface area contributed by atoms with E-state index in [9.17, 15) is 8.42 Å². The highest BCUT2D eigenvalue weighted by atomic mass is 35.5. The molecule has 0 radical (unpaired) electrons. The van der Waals surface area contributed by atoms with Gasteiger partial charge in [-0.05, 0) is 18.6 Å². The van der Waals surface area contributed by atoms with Crippen LogP contribution < -0.4 is 9.92 Å². The van der Waals surface area contributed by atoms with Crippen LogP contribution in [-0.4, -0.2) is 13.0 Å². The second kappa shape index (κ2) is 3.64. The SMILES string of the molecule is Cc1cc(OS(=O)(=O)O)cc(Cl)c1N. The first-order valence-corrected chi connectivity index (χ1v) is 5.26. The minimum absolute atomic E-state index is 0.0794. The standard InChI is InChI=1S/C7H8ClNO4S/c1-4-2-5(13-14(10,11)12)3-6(8)7(4)9/h2-3H,9H2,1H3,(H,10,11,12). The third-order valence-electron chi connectivity index (χ3n) is 1.51. The van der Waals surface area contributed by atoms with Gasteiger partial charge >= 0.3 is 10.4 Å². The zero-order chi connectivity index (χ0) is 10.9. The number of nitrogen functional groups attached to an aromatic ring is 1. The van der Waals surface area contributed by atoms with Crippen molar-refractivity contribution in [2.75, 3.05) is 5.73 Å². The van der Waals surface area contributed by atoms with Crippen LogP contribution in [0, 0.1) is 6.92 Å². The van der Waals surface area contributed by atoms with Crippen LogP contribution >= 0.6 is 11.6 Å². The van der Waals surface area contributed by atoms with Crippen molar-refractivity contribution in [3.63, 3.8) is 0 Å². The average Bonchev–Trinajstić information content (AvgIpc) is 1.96. The van der Waals surface area contributed by atoms with E-state index in [0.29, 0.717) is 11.3 Å². The number of halogens is 1. The number of anilines is 1. The number of hydrogen-bond donors (Lipinski definition) is 2. The molecule has 14 heavy (non-hydrogen) atoms. The van der Waals surface area contributed by atoms with Crippen LogP contribution in [0.2, 0.25) is 5.02 Å². The summed E-state index contributed by atoms with van der Waals surface area (Å²) in [5.41, 5.74) is 6.42. The largest absolute Gasteiger partial charge is 0.446 e. The maximum Gasteiger partial charge on any atom is 0.446 e. The van der Waals surface area contributed by atoms with Crippen molar-refractivity contribution in [3.05, 3.63) is 22.7 Å². The molecular formula is C7H8ClNO4S. The van der Waals surface area contributed by atoms with Crippen molar-refractivity contribution in [2.45, 2.75) is 6.92 Å². The summed E-state index contributed by atoms with van der Waals surface area (Å²) in [6.45, 7) is 1.64. The molecule has 0 bridgehead atoms. The van der Waals surface area contributed by atoms with E-state index in [2.05, 4.69) is 4.18 Å². The molecule has 78 valence electrons. The highest BCUT2D eigenvalue weighted by Crippen LogP contribution is 2.28. The fraction of sp³-hybridized carbons (Fsp3) is 0.143. The van der Waals surface area contributed by atoms with Crippen molar-refractivity contribution in [1.82, 2.24) is 0 Å². The normalized spacial score (nSPS) is 11.4. The summed E-state index contributed by atoms with van der Waals surface area (Å²) >= 11 is 5.67. The summed E-state index contributed by atoms with van der Waals surface area (Å²) in [6, 6.07) is 2.56. The fourth-order valence-corrected chi connectivity index (χ4v) is 1.49. The van der Waals surface area contributed by atoms with E-state index in [4.69, 9.17) is 21.9 Å². The lowest BCUT2D eigenvalue weighted by atomic mass is 10.2. The maximum absolute atomic E-state index is 10.4. The first-order chi connectivity index (χ1) is 6.29. The molecule has 0 fully saturated rings. The molecule has 1 rings (SSSR count). The Labute approximate surface area is 86.4 Å². The van der Waals surface area contributed by atoms with E-state index in [-0.39, 0.29) is 10.8 Å². The molecule has 5 nitrogen and oxygen atoms in total. The highest BCUT2D eigenvalue weighted by molar-refractivity contribution is 7.81. The Kier molecular flexibility index (Phi) is 2.89. The molecule has 0 heterocycles. The third-order valence-corrected chi connectivity index (χ3v) is 2.23. The van der Waals surface area contributed by atoms with Gasteiger partial charge in [-0.2, -0.15) is 8.42 Å². The van der Waals surface area contributed by atoms with Gasteiger partial charge in [-0.25, -0.2) is 0 Å². The molecule has 0 aromatic heterocycles. The van der Waals surface area contributed by atoms with Crippen molar-refractivity contribution < 1.29 is 17.2 Å². The Morgan fingerprint density at radius 3 is 2.50 bits per heavy atom. The minimum Gasteiger partial charge on any atom is -0.397 e. The van der Waals surface area contributed by atoms with Gasteiger partial charge in [-0.1, -0.05) is 11.6 Å². The Hall–Kier alpha value is -0.980. The molecule has 1 aromatic rings. The zero-order valence-electron chi connectivity index (χ0n) is 7.19. The van der Waals surface area contributed by atoms with Crippen molar-refractivity contribution >= 4 is 27.7 Å². The van der Waals surface area contributed by atoms with Crippen molar-refractivity contribution in [3.8, 4) is 5.75 Å². The molecule has 0 unspecified atom stereocenters.